The van der Waals surface area contributed by atoms with Crippen molar-refractivity contribution in [3.05, 3.63) is 66.1 Å². The summed E-state index contributed by atoms with van der Waals surface area (Å²) in [5.74, 6) is 0.00866. The minimum absolute atomic E-state index is 0.00866. The van der Waals surface area contributed by atoms with Crippen LogP contribution in [-0.2, 0) is 11.2 Å². The van der Waals surface area contributed by atoms with E-state index < -0.39 is 0 Å². The third kappa shape index (κ3) is 2.94. The Balaban J connectivity index is 1.67. The van der Waals surface area contributed by atoms with E-state index in [4.69, 9.17) is 0 Å². The van der Waals surface area contributed by atoms with Crippen LogP contribution in [0.15, 0.2) is 55.0 Å². The topological polar surface area (TPSA) is 46.4 Å². The maximum absolute atomic E-state index is 12.1. The van der Waals surface area contributed by atoms with Crippen LogP contribution in [0.4, 0.5) is 5.69 Å². The average molecular weight is 279 g/mol. The van der Waals surface area contributed by atoms with Gasteiger partial charge in [-0.25, -0.2) is 4.98 Å². The zero-order valence-corrected chi connectivity index (χ0v) is 11.9. The lowest BCUT2D eigenvalue weighted by Crippen LogP contribution is -2.13. The van der Waals surface area contributed by atoms with Crippen LogP contribution in [0.25, 0.3) is 5.65 Å². The first-order valence-corrected chi connectivity index (χ1v) is 7.00. The zero-order valence-electron chi connectivity index (χ0n) is 11.9. The standard InChI is InChI=1S/C17H17N3O/c1-13-5-2-3-6-14(13)8-9-16(21)19-15-7-4-11-20-12-10-18-17(15)20/h2-7,10-12H,8-9H2,1H3,(H,19,21). The number of amides is 1. The van der Waals surface area contributed by atoms with Gasteiger partial charge in [-0.15, -0.1) is 0 Å². The molecule has 3 aromatic rings. The highest BCUT2D eigenvalue weighted by molar-refractivity contribution is 5.94. The molecule has 2 heterocycles. The molecule has 21 heavy (non-hydrogen) atoms. The van der Waals surface area contributed by atoms with E-state index in [1.165, 1.54) is 11.1 Å². The molecule has 1 aromatic carbocycles. The number of aryl methyl sites for hydroxylation is 2. The fraction of sp³-hybridized carbons (Fsp3) is 0.176. The molecule has 1 N–H and O–H groups in total. The van der Waals surface area contributed by atoms with Crippen molar-refractivity contribution in [3.63, 3.8) is 0 Å². The second-order valence-corrected chi connectivity index (χ2v) is 5.05. The molecular formula is C17H17N3O. The number of anilines is 1. The Morgan fingerprint density at radius 3 is 2.90 bits per heavy atom. The summed E-state index contributed by atoms with van der Waals surface area (Å²) in [7, 11) is 0. The van der Waals surface area contributed by atoms with Crippen molar-refractivity contribution in [2.24, 2.45) is 0 Å². The number of benzene rings is 1. The third-order valence-electron chi connectivity index (χ3n) is 3.58. The Hall–Kier alpha value is -2.62. The van der Waals surface area contributed by atoms with Gasteiger partial charge in [0.25, 0.3) is 0 Å². The van der Waals surface area contributed by atoms with Crippen LogP contribution >= 0.6 is 0 Å². The molecule has 0 spiro atoms. The highest BCUT2D eigenvalue weighted by atomic mass is 16.1. The average Bonchev–Trinajstić information content (AvgIpc) is 2.96. The molecule has 3 rings (SSSR count). The number of rotatable bonds is 4. The van der Waals surface area contributed by atoms with Gasteiger partial charge in [0.15, 0.2) is 5.65 Å². The van der Waals surface area contributed by atoms with Gasteiger partial charge < -0.3 is 9.72 Å². The van der Waals surface area contributed by atoms with Crippen LogP contribution in [0.1, 0.15) is 17.5 Å². The number of nitrogens with one attached hydrogen (secondary N) is 1. The smallest absolute Gasteiger partial charge is 0.224 e. The summed E-state index contributed by atoms with van der Waals surface area (Å²) < 4.78 is 1.89. The van der Waals surface area contributed by atoms with Gasteiger partial charge in [0.05, 0.1) is 5.69 Å². The lowest BCUT2D eigenvalue weighted by Gasteiger charge is -2.08. The lowest BCUT2D eigenvalue weighted by molar-refractivity contribution is -0.116. The summed E-state index contributed by atoms with van der Waals surface area (Å²) in [4.78, 5) is 16.4. The molecular weight excluding hydrogens is 262 g/mol. The molecule has 0 atom stereocenters. The number of hydrogen-bond donors (Lipinski definition) is 1. The third-order valence-corrected chi connectivity index (χ3v) is 3.58. The Morgan fingerprint density at radius 1 is 1.19 bits per heavy atom. The molecule has 0 unspecified atom stereocenters. The van der Waals surface area contributed by atoms with Crippen LogP contribution in [-0.4, -0.2) is 15.3 Å². The maximum atomic E-state index is 12.1. The molecule has 0 aliphatic rings. The molecule has 0 radical (unpaired) electrons. The fourth-order valence-electron chi connectivity index (χ4n) is 2.40. The Labute approximate surface area is 123 Å². The first-order valence-electron chi connectivity index (χ1n) is 7.00. The first kappa shape index (κ1) is 13.4. The van der Waals surface area contributed by atoms with Crippen molar-refractivity contribution in [1.82, 2.24) is 9.38 Å². The highest BCUT2D eigenvalue weighted by Gasteiger charge is 2.07. The van der Waals surface area contributed by atoms with Crippen LogP contribution in [0.2, 0.25) is 0 Å². The molecule has 4 heteroatoms. The SMILES string of the molecule is Cc1ccccc1CCC(=O)Nc1cccn2ccnc12. The summed E-state index contributed by atoms with van der Waals surface area (Å²) in [6.45, 7) is 2.07. The predicted octanol–water partition coefficient (Wildman–Crippen LogP) is 3.21. The van der Waals surface area contributed by atoms with Crippen LogP contribution in [0.3, 0.4) is 0 Å². The number of nitrogens with zero attached hydrogens (tertiary/aromatic N) is 2. The second kappa shape index (κ2) is 5.79. The van der Waals surface area contributed by atoms with E-state index in [1.54, 1.807) is 6.20 Å². The van der Waals surface area contributed by atoms with Crippen molar-refractivity contribution in [3.8, 4) is 0 Å². The molecule has 0 saturated carbocycles. The Kier molecular flexibility index (Phi) is 3.69. The molecule has 0 aliphatic carbocycles. The minimum Gasteiger partial charge on any atom is -0.323 e. The fourth-order valence-corrected chi connectivity index (χ4v) is 2.40. The van der Waals surface area contributed by atoms with E-state index in [1.807, 2.05) is 41.1 Å². The molecule has 4 nitrogen and oxygen atoms in total. The van der Waals surface area contributed by atoms with Crippen molar-refractivity contribution in [2.45, 2.75) is 19.8 Å². The molecule has 0 saturated heterocycles. The van der Waals surface area contributed by atoms with E-state index in [-0.39, 0.29) is 5.91 Å². The van der Waals surface area contributed by atoms with Gasteiger partial charge >= 0.3 is 0 Å². The van der Waals surface area contributed by atoms with Crippen LogP contribution in [0.5, 0.6) is 0 Å². The largest absolute Gasteiger partial charge is 0.323 e. The summed E-state index contributed by atoms with van der Waals surface area (Å²) in [6.07, 6.45) is 6.70. The van der Waals surface area contributed by atoms with Gasteiger partial charge in [-0.1, -0.05) is 24.3 Å². The van der Waals surface area contributed by atoms with E-state index in [2.05, 4.69) is 29.4 Å². The lowest BCUT2D eigenvalue weighted by atomic mass is 10.0. The van der Waals surface area contributed by atoms with Gasteiger partial charge in [0.2, 0.25) is 5.91 Å². The highest BCUT2D eigenvalue weighted by Crippen LogP contribution is 2.15. The minimum atomic E-state index is 0.00866. The normalized spacial score (nSPS) is 10.7. The van der Waals surface area contributed by atoms with Crippen LogP contribution in [0, 0.1) is 6.92 Å². The number of aromatic nitrogens is 2. The van der Waals surface area contributed by atoms with Gasteiger partial charge in [-0.2, -0.15) is 0 Å². The van der Waals surface area contributed by atoms with E-state index in [0.29, 0.717) is 6.42 Å². The summed E-state index contributed by atoms with van der Waals surface area (Å²) in [5, 5.41) is 2.94. The van der Waals surface area contributed by atoms with Crippen molar-refractivity contribution in [1.29, 1.82) is 0 Å². The van der Waals surface area contributed by atoms with E-state index in [0.717, 1.165) is 17.8 Å². The number of carbonyl (C=O) groups is 1. The van der Waals surface area contributed by atoms with Gasteiger partial charge in [0, 0.05) is 25.0 Å². The molecule has 106 valence electrons. The molecule has 0 fully saturated rings. The number of fused-ring (bicyclic) bond motifs is 1. The zero-order chi connectivity index (χ0) is 14.7. The predicted molar refractivity (Wildman–Crippen MR) is 83.3 cm³/mol. The molecule has 2 aromatic heterocycles. The Bertz CT molecular complexity index is 776. The summed E-state index contributed by atoms with van der Waals surface area (Å²) in [6, 6.07) is 11.9. The van der Waals surface area contributed by atoms with Crippen molar-refractivity contribution in [2.75, 3.05) is 5.32 Å². The van der Waals surface area contributed by atoms with Crippen molar-refractivity contribution < 1.29 is 4.79 Å². The number of imidazole rings is 1. The number of pyridine rings is 1. The summed E-state index contributed by atoms with van der Waals surface area (Å²) in [5.41, 5.74) is 3.95. The quantitative estimate of drug-likeness (QED) is 0.797. The molecule has 1 amide bonds. The first-order chi connectivity index (χ1) is 10.2. The maximum Gasteiger partial charge on any atom is 0.224 e. The van der Waals surface area contributed by atoms with Gasteiger partial charge in [0.1, 0.15) is 0 Å². The summed E-state index contributed by atoms with van der Waals surface area (Å²) >= 11 is 0. The monoisotopic (exact) mass is 279 g/mol. The Morgan fingerprint density at radius 2 is 2.05 bits per heavy atom. The van der Waals surface area contributed by atoms with Crippen LogP contribution < -0.4 is 5.32 Å². The van der Waals surface area contributed by atoms with Crippen molar-refractivity contribution >= 4 is 17.2 Å². The number of carbonyl (C=O) groups excluding carboxylic acids is 1. The van der Waals surface area contributed by atoms with Gasteiger partial charge in [-0.05, 0) is 36.6 Å². The molecule has 0 bridgehead atoms. The second-order valence-electron chi connectivity index (χ2n) is 5.05. The van der Waals surface area contributed by atoms with E-state index >= 15 is 0 Å². The van der Waals surface area contributed by atoms with E-state index in [9.17, 15) is 4.79 Å². The molecule has 0 aliphatic heterocycles. The number of hydrogen-bond acceptors (Lipinski definition) is 2. The van der Waals surface area contributed by atoms with Gasteiger partial charge in [-0.3, -0.25) is 4.79 Å².